The summed E-state index contributed by atoms with van der Waals surface area (Å²) < 4.78 is 0. The molecule has 1 aromatic carbocycles. The van der Waals surface area contributed by atoms with E-state index in [0.717, 1.165) is 12.8 Å². The van der Waals surface area contributed by atoms with Gasteiger partial charge < -0.3 is 10.4 Å². The van der Waals surface area contributed by atoms with Crippen molar-refractivity contribution in [1.29, 1.82) is 0 Å². The Balaban J connectivity index is 1.82. The van der Waals surface area contributed by atoms with Crippen LogP contribution in [0.3, 0.4) is 0 Å². The number of aryl methyl sites for hydroxylation is 3. The minimum absolute atomic E-state index is 0.0397. The van der Waals surface area contributed by atoms with Crippen LogP contribution in [0.2, 0.25) is 0 Å². The van der Waals surface area contributed by atoms with Crippen LogP contribution in [0, 0.1) is 13.8 Å². The number of anilines is 1. The fourth-order valence-electron chi connectivity index (χ4n) is 2.53. The number of rotatable bonds is 7. The predicted octanol–water partition coefficient (Wildman–Crippen LogP) is 3.95. The van der Waals surface area contributed by atoms with Crippen LogP contribution < -0.4 is 5.32 Å². The third-order valence-corrected chi connectivity index (χ3v) is 4.57. The highest BCUT2D eigenvalue weighted by Gasteiger charge is 2.07. The first-order valence-electron chi connectivity index (χ1n) is 7.60. The first-order chi connectivity index (χ1) is 10.9. The summed E-state index contributed by atoms with van der Waals surface area (Å²) in [4.78, 5) is 25.3. The van der Waals surface area contributed by atoms with Crippen LogP contribution in [0.5, 0.6) is 0 Å². The molecule has 0 spiro atoms. The number of aliphatic carboxylic acids is 1. The first-order valence-corrected chi connectivity index (χ1v) is 8.42. The van der Waals surface area contributed by atoms with Crippen LogP contribution >= 0.6 is 11.3 Å². The number of carboxylic acid groups (broad SMARTS) is 1. The van der Waals surface area contributed by atoms with E-state index in [1.165, 1.54) is 15.3 Å². The third kappa shape index (κ3) is 5.53. The smallest absolute Gasteiger partial charge is 0.307 e. The van der Waals surface area contributed by atoms with E-state index >= 15 is 0 Å². The topological polar surface area (TPSA) is 66.4 Å². The molecule has 1 heterocycles. The Morgan fingerprint density at radius 1 is 1.22 bits per heavy atom. The zero-order valence-corrected chi connectivity index (χ0v) is 14.2. The number of benzene rings is 1. The number of amides is 1. The number of hydrogen-bond acceptors (Lipinski definition) is 3. The summed E-state index contributed by atoms with van der Waals surface area (Å²) in [6, 6.07) is 9.16. The molecule has 23 heavy (non-hydrogen) atoms. The Morgan fingerprint density at radius 2 is 2.00 bits per heavy atom. The van der Waals surface area contributed by atoms with Crippen molar-refractivity contribution < 1.29 is 14.7 Å². The van der Waals surface area contributed by atoms with Gasteiger partial charge in [0.1, 0.15) is 0 Å². The molecule has 1 amide bonds. The molecule has 122 valence electrons. The normalized spacial score (nSPS) is 10.5. The van der Waals surface area contributed by atoms with Crippen LogP contribution in [-0.4, -0.2) is 17.0 Å². The molecule has 0 aliphatic heterocycles. The molecule has 1 aromatic heterocycles. The zero-order chi connectivity index (χ0) is 16.8. The molecule has 2 N–H and O–H groups in total. The summed E-state index contributed by atoms with van der Waals surface area (Å²) >= 11 is 1.79. The number of nitrogens with one attached hydrogen (secondary N) is 1. The van der Waals surface area contributed by atoms with Crippen molar-refractivity contribution in [3.05, 3.63) is 51.2 Å². The lowest BCUT2D eigenvalue weighted by atomic mass is 10.1. The van der Waals surface area contributed by atoms with Crippen molar-refractivity contribution in [2.24, 2.45) is 0 Å². The minimum atomic E-state index is -0.880. The maximum absolute atomic E-state index is 12.0. The van der Waals surface area contributed by atoms with Crippen LogP contribution in [-0.2, 0) is 22.4 Å². The van der Waals surface area contributed by atoms with Crippen LogP contribution in [0.15, 0.2) is 30.3 Å². The number of thiophene rings is 1. The lowest BCUT2D eigenvalue weighted by molar-refractivity contribution is -0.136. The Labute approximate surface area is 140 Å². The van der Waals surface area contributed by atoms with Gasteiger partial charge in [0.05, 0.1) is 6.42 Å². The summed E-state index contributed by atoms with van der Waals surface area (Å²) in [6.45, 7) is 4.21. The zero-order valence-electron chi connectivity index (χ0n) is 13.4. The fourth-order valence-corrected chi connectivity index (χ4v) is 3.50. The van der Waals surface area contributed by atoms with Gasteiger partial charge in [0.25, 0.3) is 0 Å². The van der Waals surface area contributed by atoms with Crippen LogP contribution in [0.25, 0.3) is 0 Å². The van der Waals surface area contributed by atoms with Crippen molar-refractivity contribution in [3.8, 4) is 0 Å². The van der Waals surface area contributed by atoms with Gasteiger partial charge in [0.15, 0.2) is 0 Å². The molecule has 2 aromatic rings. The highest BCUT2D eigenvalue weighted by molar-refractivity contribution is 7.12. The maximum Gasteiger partial charge on any atom is 0.307 e. The van der Waals surface area contributed by atoms with Crippen molar-refractivity contribution >= 4 is 28.9 Å². The van der Waals surface area contributed by atoms with Crippen molar-refractivity contribution in [2.45, 2.75) is 39.5 Å². The average Bonchev–Trinajstić information content (AvgIpc) is 2.76. The molecule has 2 rings (SSSR count). The highest BCUT2D eigenvalue weighted by Crippen LogP contribution is 2.22. The molecule has 0 saturated heterocycles. The molecule has 0 unspecified atom stereocenters. The van der Waals surface area contributed by atoms with Gasteiger partial charge in [-0.05, 0) is 56.0 Å². The van der Waals surface area contributed by atoms with E-state index in [9.17, 15) is 9.59 Å². The predicted molar refractivity (Wildman–Crippen MR) is 93.1 cm³/mol. The van der Waals surface area contributed by atoms with Gasteiger partial charge in [0, 0.05) is 21.9 Å². The Bertz CT molecular complexity index is 706. The van der Waals surface area contributed by atoms with E-state index in [4.69, 9.17) is 5.11 Å². The van der Waals surface area contributed by atoms with E-state index in [-0.39, 0.29) is 12.3 Å². The van der Waals surface area contributed by atoms with E-state index < -0.39 is 5.97 Å². The van der Waals surface area contributed by atoms with Gasteiger partial charge in [-0.2, -0.15) is 0 Å². The molecule has 0 radical (unpaired) electrons. The Hall–Kier alpha value is -2.14. The molecule has 0 aliphatic rings. The first kappa shape index (κ1) is 17.2. The molecular weight excluding hydrogens is 310 g/mol. The lowest BCUT2D eigenvalue weighted by Crippen LogP contribution is -2.12. The van der Waals surface area contributed by atoms with Crippen LogP contribution in [0.1, 0.15) is 33.7 Å². The second kappa shape index (κ2) is 7.92. The minimum Gasteiger partial charge on any atom is -0.481 e. The Kier molecular flexibility index (Phi) is 5.93. The molecule has 0 bridgehead atoms. The van der Waals surface area contributed by atoms with E-state index in [2.05, 4.69) is 25.2 Å². The largest absolute Gasteiger partial charge is 0.481 e. The van der Waals surface area contributed by atoms with Gasteiger partial charge in [0.2, 0.25) is 5.91 Å². The van der Waals surface area contributed by atoms with Crippen molar-refractivity contribution in [1.82, 2.24) is 0 Å². The highest BCUT2D eigenvalue weighted by atomic mass is 32.1. The molecular formula is C18H21NO3S. The molecule has 0 saturated carbocycles. The number of carbonyl (C=O) groups excluding carboxylic acids is 1. The van der Waals surface area contributed by atoms with Crippen molar-refractivity contribution in [3.63, 3.8) is 0 Å². The fraction of sp³-hybridized carbons (Fsp3) is 0.333. The van der Waals surface area contributed by atoms with Gasteiger partial charge >= 0.3 is 5.97 Å². The summed E-state index contributed by atoms with van der Waals surface area (Å²) in [5.41, 5.74) is 2.65. The third-order valence-electron chi connectivity index (χ3n) is 3.56. The maximum atomic E-state index is 12.0. The van der Waals surface area contributed by atoms with E-state index in [1.54, 1.807) is 35.6 Å². The molecule has 0 fully saturated rings. The van der Waals surface area contributed by atoms with Gasteiger partial charge in [-0.1, -0.05) is 12.1 Å². The number of hydrogen-bond donors (Lipinski definition) is 2. The van der Waals surface area contributed by atoms with Crippen molar-refractivity contribution in [2.75, 3.05) is 5.32 Å². The van der Waals surface area contributed by atoms with E-state index in [0.29, 0.717) is 17.7 Å². The molecule has 4 nitrogen and oxygen atoms in total. The second-order valence-electron chi connectivity index (χ2n) is 5.61. The van der Waals surface area contributed by atoms with Crippen LogP contribution in [0.4, 0.5) is 5.69 Å². The monoisotopic (exact) mass is 331 g/mol. The number of carboxylic acids is 1. The molecule has 5 heteroatoms. The SMILES string of the molecule is Cc1cc(CCCC(=O)Nc2cccc(CC(=O)O)c2)c(C)s1. The van der Waals surface area contributed by atoms with Gasteiger partial charge in [-0.25, -0.2) is 0 Å². The summed E-state index contributed by atoms with van der Waals surface area (Å²) in [6.07, 6.45) is 2.12. The standard InChI is InChI=1S/C18H21NO3S/c1-12-9-15(13(2)23-12)6-4-8-17(20)19-16-7-3-5-14(10-16)11-18(21)22/h3,5,7,9-10H,4,6,8,11H2,1-2H3,(H,19,20)(H,21,22). The summed E-state index contributed by atoms with van der Waals surface area (Å²) in [5.74, 6) is -0.919. The lowest BCUT2D eigenvalue weighted by Gasteiger charge is -2.07. The molecule has 0 atom stereocenters. The average molecular weight is 331 g/mol. The second-order valence-corrected chi connectivity index (χ2v) is 7.07. The molecule has 0 aliphatic carbocycles. The van der Waals surface area contributed by atoms with E-state index in [1.807, 2.05) is 0 Å². The van der Waals surface area contributed by atoms with Gasteiger partial charge in [-0.15, -0.1) is 11.3 Å². The Morgan fingerprint density at radius 3 is 2.65 bits per heavy atom. The quantitative estimate of drug-likeness (QED) is 0.807. The summed E-state index contributed by atoms with van der Waals surface area (Å²) in [5, 5.41) is 11.6. The number of carbonyl (C=O) groups is 2. The summed E-state index contributed by atoms with van der Waals surface area (Å²) in [7, 11) is 0. The van der Waals surface area contributed by atoms with Gasteiger partial charge in [-0.3, -0.25) is 9.59 Å².